The maximum absolute atomic E-state index is 12.6. The Morgan fingerprint density at radius 3 is 2.44 bits per heavy atom. The number of carbonyl (C=O) groups is 1. The number of carbonyl (C=O) groups excluding carboxylic acids is 1. The average molecular weight is 451 g/mol. The van der Waals surface area contributed by atoms with Gasteiger partial charge in [0.15, 0.2) is 6.61 Å². The van der Waals surface area contributed by atoms with E-state index in [1.165, 1.54) is 7.11 Å². The standard InChI is InChI=1S/C28H21NO5/c1-32-26-13-11-20(23-15-21-8-4-5-9-25(21)34-28(23)31)16-24(26)29-27(30)17-33-22-12-10-18-6-2-3-7-19(18)14-22/h2-16H,17H2,1H3,(H,29,30). The zero-order valence-corrected chi connectivity index (χ0v) is 18.4. The highest BCUT2D eigenvalue weighted by molar-refractivity contribution is 5.94. The number of benzene rings is 4. The molecule has 0 atom stereocenters. The molecule has 5 aromatic rings. The Kier molecular flexibility index (Phi) is 5.70. The van der Waals surface area contributed by atoms with Gasteiger partial charge in [0.25, 0.3) is 5.91 Å². The van der Waals surface area contributed by atoms with Crippen molar-refractivity contribution in [1.82, 2.24) is 0 Å². The molecule has 0 saturated heterocycles. The van der Waals surface area contributed by atoms with Gasteiger partial charge in [-0.2, -0.15) is 0 Å². The van der Waals surface area contributed by atoms with E-state index in [-0.39, 0.29) is 12.5 Å². The van der Waals surface area contributed by atoms with Crippen molar-refractivity contribution < 1.29 is 18.7 Å². The lowest BCUT2D eigenvalue weighted by atomic mass is 10.0. The van der Waals surface area contributed by atoms with Crippen molar-refractivity contribution >= 4 is 33.3 Å². The molecule has 0 spiro atoms. The molecule has 1 aromatic heterocycles. The Morgan fingerprint density at radius 1 is 0.853 bits per heavy atom. The Morgan fingerprint density at radius 2 is 1.62 bits per heavy atom. The van der Waals surface area contributed by atoms with E-state index >= 15 is 0 Å². The van der Waals surface area contributed by atoms with Crippen molar-refractivity contribution in [3.63, 3.8) is 0 Å². The molecule has 4 aromatic carbocycles. The van der Waals surface area contributed by atoms with Gasteiger partial charge in [0.2, 0.25) is 0 Å². The lowest BCUT2D eigenvalue weighted by molar-refractivity contribution is -0.118. The van der Waals surface area contributed by atoms with Crippen LogP contribution < -0.4 is 20.4 Å². The number of nitrogens with one attached hydrogen (secondary N) is 1. The number of amides is 1. The number of hydrogen-bond acceptors (Lipinski definition) is 5. The number of fused-ring (bicyclic) bond motifs is 2. The van der Waals surface area contributed by atoms with Gasteiger partial charge in [0, 0.05) is 5.39 Å². The fraction of sp³-hybridized carbons (Fsp3) is 0.0714. The van der Waals surface area contributed by atoms with Crippen LogP contribution >= 0.6 is 0 Å². The molecule has 0 bridgehead atoms. The van der Waals surface area contributed by atoms with E-state index < -0.39 is 5.63 Å². The first-order chi connectivity index (χ1) is 16.6. The number of methoxy groups -OCH3 is 1. The third kappa shape index (κ3) is 4.34. The van der Waals surface area contributed by atoms with Crippen LogP contribution in [0.3, 0.4) is 0 Å². The van der Waals surface area contributed by atoms with Crippen LogP contribution in [0.25, 0.3) is 32.9 Å². The highest BCUT2D eigenvalue weighted by atomic mass is 16.5. The minimum absolute atomic E-state index is 0.177. The average Bonchev–Trinajstić information content (AvgIpc) is 2.87. The topological polar surface area (TPSA) is 77.8 Å². The Labute approximate surface area is 195 Å². The summed E-state index contributed by atoms with van der Waals surface area (Å²) >= 11 is 0. The van der Waals surface area contributed by atoms with Gasteiger partial charge in [0.05, 0.1) is 18.4 Å². The van der Waals surface area contributed by atoms with Crippen LogP contribution in [0.2, 0.25) is 0 Å². The van der Waals surface area contributed by atoms with E-state index in [0.717, 1.165) is 16.2 Å². The summed E-state index contributed by atoms with van der Waals surface area (Å²) in [6.07, 6.45) is 0. The fourth-order valence-electron chi connectivity index (χ4n) is 3.83. The van der Waals surface area contributed by atoms with E-state index in [2.05, 4.69) is 5.32 Å². The summed E-state index contributed by atoms with van der Waals surface area (Å²) in [5.41, 5.74) is 1.49. The molecule has 0 fully saturated rings. The van der Waals surface area contributed by atoms with Crippen LogP contribution in [0, 0.1) is 0 Å². The monoisotopic (exact) mass is 451 g/mol. The van der Waals surface area contributed by atoms with Crippen LogP contribution in [0.15, 0.2) is 100 Å². The molecular formula is C28H21NO5. The summed E-state index contributed by atoms with van der Waals surface area (Å²) in [5, 5.41) is 5.75. The van der Waals surface area contributed by atoms with Crippen LogP contribution in [-0.2, 0) is 4.79 Å². The van der Waals surface area contributed by atoms with Gasteiger partial charge in [-0.05, 0) is 52.7 Å². The maximum Gasteiger partial charge on any atom is 0.344 e. The van der Waals surface area contributed by atoms with Crippen molar-refractivity contribution in [3.05, 3.63) is 101 Å². The predicted molar refractivity (Wildman–Crippen MR) is 133 cm³/mol. The second-order valence-corrected chi connectivity index (χ2v) is 7.75. The van der Waals surface area contributed by atoms with E-state index in [1.54, 1.807) is 30.3 Å². The molecule has 1 amide bonds. The largest absolute Gasteiger partial charge is 0.495 e. The van der Waals surface area contributed by atoms with Crippen molar-refractivity contribution in [2.75, 3.05) is 19.0 Å². The molecule has 0 aliphatic carbocycles. The van der Waals surface area contributed by atoms with Crippen LogP contribution in [-0.4, -0.2) is 19.6 Å². The first kappa shape index (κ1) is 21.3. The zero-order valence-electron chi connectivity index (χ0n) is 18.4. The maximum atomic E-state index is 12.6. The summed E-state index contributed by atoms with van der Waals surface area (Å²) < 4.78 is 16.5. The summed E-state index contributed by atoms with van der Waals surface area (Å²) in [5.74, 6) is 0.713. The molecule has 34 heavy (non-hydrogen) atoms. The number of anilines is 1. The second kappa shape index (κ2) is 9.11. The highest BCUT2D eigenvalue weighted by Gasteiger charge is 2.13. The number of hydrogen-bond donors (Lipinski definition) is 1. The molecule has 1 heterocycles. The Hall–Kier alpha value is -4.58. The van der Waals surface area contributed by atoms with Crippen molar-refractivity contribution in [1.29, 1.82) is 0 Å². The summed E-state index contributed by atoms with van der Waals surface area (Å²) in [7, 11) is 1.51. The first-order valence-corrected chi connectivity index (χ1v) is 10.7. The van der Waals surface area contributed by atoms with Gasteiger partial charge < -0.3 is 19.2 Å². The van der Waals surface area contributed by atoms with Gasteiger partial charge in [0.1, 0.15) is 17.1 Å². The molecule has 168 valence electrons. The summed E-state index contributed by atoms with van der Waals surface area (Å²) in [6.45, 7) is -0.177. The van der Waals surface area contributed by atoms with Gasteiger partial charge in [-0.15, -0.1) is 0 Å². The second-order valence-electron chi connectivity index (χ2n) is 7.75. The first-order valence-electron chi connectivity index (χ1n) is 10.7. The molecule has 0 aliphatic rings. The van der Waals surface area contributed by atoms with Crippen molar-refractivity contribution in [2.45, 2.75) is 0 Å². The molecule has 6 nitrogen and oxygen atoms in total. The lowest BCUT2D eigenvalue weighted by Gasteiger charge is -2.13. The number of rotatable bonds is 6. The highest BCUT2D eigenvalue weighted by Crippen LogP contribution is 2.30. The lowest BCUT2D eigenvalue weighted by Crippen LogP contribution is -2.20. The summed E-state index contributed by atoms with van der Waals surface area (Å²) in [4.78, 5) is 25.2. The van der Waals surface area contributed by atoms with E-state index in [4.69, 9.17) is 13.9 Å². The Bertz CT molecular complexity index is 1570. The van der Waals surface area contributed by atoms with Crippen molar-refractivity contribution in [2.24, 2.45) is 0 Å². The molecule has 0 unspecified atom stereocenters. The molecule has 0 aliphatic heterocycles. The minimum atomic E-state index is -0.458. The summed E-state index contributed by atoms with van der Waals surface area (Å²) in [6, 6.07) is 27.8. The van der Waals surface area contributed by atoms with E-state index in [9.17, 15) is 9.59 Å². The zero-order chi connectivity index (χ0) is 23.5. The fourth-order valence-corrected chi connectivity index (χ4v) is 3.83. The van der Waals surface area contributed by atoms with E-state index in [1.807, 2.05) is 60.7 Å². The molecule has 5 rings (SSSR count). The van der Waals surface area contributed by atoms with Gasteiger partial charge in [-0.3, -0.25) is 4.79 Å². The third-order valence-electron chi connectivity index (χ3n) is 5.52. The van der Waals surface area contributed by atoms with Gasteiger partial charge >= 0.3 is 5.63 Å². The van der Waals surface area contributed by atoms with Crippen molar-refractivity contribution in [3.8, 4) is 22.6 Å². The quantitative estimate of drug-likeness (QED) is 0.338. The number of para-hydroxylation sites is 1. The number of ether oxygens (including phenoxy) is 2. The smallest absolute Gasteiger partial charge is 0.344 e. The minimum Gasteiger partial charge on any atom is -0.495 e. The molecular weight excluding hydrogens is 430 g/mol. The van der Waals surface area contributed by atoms with Gasteiger partial charge in [-0.25, -0.2) is 4.79 Å². The molecule has 1 N–H and O–H groups in total. The third-order valence-corrected chi connectivity index (χ3v) is 5.52. The normalized spacial score (nSPS) is 10.9. The molecule has 0 saturated carbocycles. The predicted octanol–water partition coefficient (Wildman–Crippen LogP) is 5.64. The van der Waals surface area contributed by atoms with Crippen LogP contribution in [0.5, 0.6) is 11.5 Å². The molecule has 6 heteroatoms. The van der Waals surface area contributed by atoms with Crippen LogP contribution in [0.4, 0.5) is 5.69 Å². The Balaban J connectivity index is 1.36. The van der Waals surface area contributed by atoms with E-state index in [0.29, 0.717) is 33.9 Å². The SMILES string of the molecule is COc1ccc(-c2cc3ccccc3oc2=O)cc1NC(=O)COc1ccc2ccccc2c1. The van der Waals surface area contributed by atoms with Crippen LogP contribution in [0.1, 0.15) is 0 Å². The van der Waals surface area contributed by atoms with Gasteiger partial charge in [-0.1, -0.05) is 54.6 Å². The molecule has 0 radical (unpaired) electrons.